The van der Waals surface area contributed by atoms with Crippen molar-refractivity contribution in [1.82, 2.24) is 9.97 Å². The number of halogens is 1. The number of nitrogens with zero attached hydrogens (tertiary/aromatic N) is 2. The molecule has 1 aromatic heterocycles. The van der Waals surface area contributed by atoms with Gasteiger partial charge in [-0.05, 0) is 36.4 Å². The Balaban J connectivity index is 1.89. The minimum atomic E-state index is -2.32. The van der Waals surface area contributed by atoms with Gasteiger partial charge in [0.25, 0.3) is 0 Å². The lowest BCUT2D eigenvalue weighted by Crippen LogP contribution is -2.40. The van der Waals surface area contributed by atoms with E-state index in [1.54, 1.807) is 0 Å². The summed E-state index contributed by atoms with van der Waals surface area (Å²) < 4.78 is 0. The van der Waals surface area contributed by atoms with Crippen molar-refractivity contribution < 1.29 is 0 Å². The van der Waals surface area contributed by atoms with E-state index < -0.39 is 7.26 Å². The maximum absolute atomic E-state index is 6.63. The first-order chi connectivity index (χ1) is 15.8. The predicted molar refractivity (Wildman–Crippen MR) is 137 cm³/mol. The molecule has 0 atom stereocenters. The van der Waals surface area contributed by atoms with Crippen molar-refractivity contribution in [3.8, 4) is 11.4 Å². The highest BCUT2D eigenvalue weighted by Crippen LogP contribution is 2.53. The fraction of sp³-hybridized carbons (Fsp3) is 0. The fourth-order valence-electron chi connectivity index (χ4n) is 4.09. The molecule has 0 spiro atoms. The molecule has 0 aliphatic heterocycles. The summed E-state index contributed by atoms with van der Waals surface area (Å²) in [6, 6.07) is 43.9. The Morgan fingerprint density at radius 3 is 1.34 bits per heavy atom. The zero-order valence-corrected chi connectivity index (χ0v) is 19.0. The SMILES string of the molecule is Clc1cc([P+](c2ccccc2)(c2ccccc2)c2ccccc2)nc(-c2ccccc2)n1. The van der Waals surface area contributed by atoms with Crippen LogP contribution in [-0.2, 0) is 0 Å². The van der Waals surface area contributed by atoms with E-state index in [9.17, 15) is 0 Å². The van der Waals surface area contributed by atoms with Gasteiger partial charge in [-0.15, -0.1) is 0 Å². The second kappa shape index (κ2) is 9.04. The van der Waals surface area contributed by atoms with Gasteiger partial charge in [0.15, 0.2) is 13.1 Å². The van der Waals surface area contributed by atoms with Gasteiger partial charge < -0.3 is 0 Å². The van der Waals surface area contributed by atoms with Crippen LogP contribution in [0.1, 0.15) is 0 Å². The third kappa shape index (κ3) is 3.73. The average Bonchev–Trinajstić information content (AvgIpc) is 2.87. The van der Waals surface area contributed by atoms with Crippen molar-refractivity contribution in [3.05, 3.63) is 133 Å². The minimum absolute atomic E-state index is 0.445. The first-order valence-corrected chi connectivity index (χ1v) is 12.6. The Bertz CT molecular complexity index is 1210. The highest BCUT2D eigenvalue weighted by molar-refractivity contribution is 8.01. The quantitative estimate of drug-likeness (QED) is 0.263. The van der Waals surface area contributed by atoms with Gasteiger partial charge in [0.1, 0.15) is 21.1 Å². The van der Waals surface area contributed by atoms with Crippen molar-refractivity contribution in [2.45, 2.75) is 0 Å². The Morgan fingerprint density at radius 1 is 0.500 bits per heavy atom. The van der Waals surface area contributed by atoms with Crippen LogP contribution >= 0.6 is 18.9 Å². The van der Waals surface area contributed by atoms with Crippen LogP contribution < -0.4 is 21.3 Å². The molecule has 0 amide bonds. The zero-order valence-electron chi connectivity index (χ0n) is 17.3. The Hall–Kier alpha value is -3.32. The van der Waals surface area contributed by atoms with Gasteiger partial charge >= 0.3 is 0 Å². The summed E-state index contributed by atoms with van der Waals surface area (Å²) in [6.07, 6.45) is 0. The molecule has 0 N–H and O–H groups in total. The molecule has 32 heavy (non-hydrogen) atoms. The fourth-order valence-corrected chi connectivity index (χ4v) is 8.46. The topological polar surface area (TPSA) is 25.8 Å². The van der Waals surface area contributed by atoms with E-state index in [0.29, 0.717) is 11.0 Å². The lowest BCUT2D eigenvalue weighted by atomic mass is 10.2. The summed E-state index contributed by atoms with van der Waals surface area (Å²) in [7, 11) is -2.32. The molecule has 0 saturated carbocycles. The highest BCUT2D eigenvalue weighted by Gasteiger charge is 2.49. The maximum atomic E-state index is 6.63. The van der Waals surface area contributed by atoms with Crippen LogP contribution in [0.3, 0.4) is 0 Å². The zero-order chi connectivity index (χ0) is 21.8. The normalized spacial score (nSPS) is 11.3. The second-order valence-corrected chi connectivity index (χ2v) is 11.2. The molecule has 154 valence electrons. The van der Waals surface area contributed by atoms with Gasteiger partial charge in [-0.2, -0.15) is 4.98 Å². The number of rotatable bonds is 5. The molecular formula is C28H21ClN2P+. The molecular weight excluding hydrogens is 431 g/mol. The van der Waals surface area contributed by atoms with Crippen molar-refractivity contribution >= 4 is 40.2 Å². The molecule has 0 saturated heterocycles. The number of hydrogen-bond acceptors (Lipinski definition) is 2. The summed E-state index contributed by atoms with van der Waals surface area (Å²) in [5.41, 5.74) is 1.89. The molecule has 0 radical (unpaired) electrons. The highest BCUT2D eigenvalue weighted by atomic mass is 35.5. The Morgan fingerprint density at radius 2 is 0.906 bits per heavy atom. The summed E-state index contributed by atoms with van der Waals surface area (Å²) in [5, 5.41) is 4.13. The third-order valence-corrected chi connectivity index (χ3v) is 9.82. The van der Waals surface area contributed by atoms with E-state index in [1.165, 1.54) is 15.9 Å². The molecule has 2 nitrogen and oxygen atoms in total. The molecule has 4 heteroatoms. The standard InChI is InChI=1S/C28H21ClN2P/c29-26-21-27(31-28(30-26)22-13-5-1-6-14-22)32(23-15-7-2-8-16-23,24-17-9-3-10-18-24)25-19-11-4-12-20-25/h1-21H/q+1. The lowest BCUT2D eigenvalue weighted by Gasteiger charge is -2.26. The van der Waals surface area contributed by atoms with Crippen LogP contribution in [0.15, 0.2) is 127 Å². The smallest absolute Gasteiger partial charge is 0.203 e. The maximum Gasteiger partial charge on any atom is 0.203 e. The molecule has 0 unspecified atom stereocenters. The van der Waals surface area contributed by atoms with Crippen LogP contribution in [0.2, 0.25) is 5.15 Å². The van der Waals surface area contributed by atoms with Gasteiger partial charge in [0.05, 0.1) is 0 Å². The third-order valence-electron chi connectivity index (χ3n) is 5.49. The van der Waals surface area contributed by atoms with E-state index >= 15 is 0 Å². The van der Waals surface area contributed by atoms with Crippen LogP contribution in [0.25, 0.3) is 11.4 Å². The van der Waals surface area contributed by atoms with E-state index in [0.717, 1.165) is 11.0 Å². The molecule has 0 aliphatic rings. The van der Waals surface area contributed by atoms with Crippen molar-refractivity contribution in [2.75, 3.05) is 0 Å². The molecule has 5 rings (SSSR count). The van der Waals surface area contributed by atoms with Gasteiger partial charge in [-0.25, -0.2) is 4.98 Å². The van der Waals surface area contributed by atoms with E-state index in [1.807, 2.05) is 36.4 Å². The van der Waals surface area contributed by atoms with Crippen LogP contribution in [-0.4, -0.2) is 9.97 Å². The Labute approximate surface area is 193 Å². The first kappa shape index (κ1) is 20.6. The number of hydrogen-bond donors (Lipinski definition) is 0. The van der Waals surface area contributed by atoms with Gasteiger partial charge in [0.2, 0.25) is 5.44 Å². The van der Waals surface area contributed by atoms with Crippen LogP contribution in [0.5, 0.6) is 0 Å². The second-order valence-electron chi connectivity index (χ2n) is 7.42. The van der Waals surface area contributed by atoms with Gasteiger partial charge in [-0.3, -0.25) is 0 Å². The molecule has 0 bridgehead atoms. The van der Waals surface area contributed by atoms with Gasteiger partial charge in [-0.1, -0.05) is 96.5 Å². The molecule has 4 aromatic carbocycles. The Kier molecular flexibility index (Phi) is 5.81. The van der Waals surface area contributed by atoms with E-state index in [4.69, 9.17) is 16.6 Å². The summed E-state index contributed by atoms with van der Waals surface area (Å²) in [5.74, 6) is 0.639. The summed E-state index contributed by atoms with van der Waals surface area (Å²) >= 11 is 6.63. The summed E-state index contributed by atoms with van der Waals surface area (Å²) in [4.78, 5) is 9.73. The van der Waals surface area contributed by atoms with Crippen molar-refractivity contribution in [3.63, 3.8) is 0 Å². The molecule has 5 aromatic rings. The van der Waals surface area contributed by atoms with E-state index in [-0.39, 0.29) is 0 Å². The predicted octanol–water partition coefficient (Wildman–Crippen LogP) is 5.42. The summed E-state index contributed by atoms with van der Waals surface area (Å²) in [6.45, 7) is 0. The number of benzene rings is 4. The first-order valence-electron chi connectivity index (χ1n) is 10.4. The number of aromatic nitrogens is 2. The average molecular weight is 452 g/mol. The van der Waals surface area contributed by atoms with Crippen LogP contribution in [0.4, 0.5) is 0 Å². The molecule has 0 aliphatic carbocycles. The van der Waals surface area contributed by atoms with E-state index in [2.05, 4.69) is 96.0 Å². The van der Waals surface area contributed by atoms with Crippen molar-refractivity contribution in [1.29, 1.82) is 0 Å². The minimum Gasteiger partial charge on any atom is -0.216 e. The lowest BCUT2D eigenvalue weighted by molar-refractivity contribution is 1.20. The molecule has 0 fully saturated rings. The van der Waals surface area contributed by atoms with Crippen LogP contribution in [0, 0.1) is 0 Å². The van der Waals surface area contributed by atoms with Crippen molar-refractivity contribution in [2.24, 2.45) is 0 Å². The van der Waals surface area contributed by atoms with Gasteiger partial charge in [0, 0.05) is 11.6 Å². The largest absolute Gasteiger partial charge is 0.216 e. The molecule has 1 heterocycles. The monoisotopic (exact) mass is 451 g/mol.